The molecule has 1 aromatic rings. The van der Waals surface area contributed by atoms with Crippen LogP contribution in [0.25, 0.3) is 0 Å². The standard InChI is InChI=1S/C19H31N3O2S/c1-5-13-25-14-12-22-19(20-3)21-11-7-8-16-9-10-17(23-4)18(15-16)24-6-2/h5,9-10,15H,1,6-8,11-14H2,2-4H3,(H2,20,21,22). The van der Waals surface area contributed by atoms with Gasteiger partial charge in [0.05, 0.1) is 13.7 Å². The number of guanidine groups is 1. The zero-order valence-corrected chi connectivity index (χ0v) is 16.5. The van der Waals surface area contributed by atoms with Crippen LogP contribution in [0.5, 0.6) is 11.5 Å². The highest BCUT2D eigenvalue weighted by atomic mass is 32.2. The van der Waals surface area contributed by atoms with Gasteiger partial charge in [0.25, 0.3) is 0 Å². The summed E-state index contributed by atoms with van der Waals surface area (Å²) < 4.78 is 10.9. The number of aryl methyl sites for hydroxylation is 1. The first-order valence-corrected chi connectivity index (χ1v) is 9.83. The second kappa shape index (κ2) is 13.5. The van der Waals surface area contributed by atoms with Crippen LogP contribution in [-0.4, -0.2) is 51.3 Å². The Labute approximate surface area is 156 Å². The van der Waals surface area contributed by atoms with Gasteiger partial charge in [-0.2, -0.15) is 11.8 Å². The minimum atomic E-state index is 0.633. The smallest absolute Gasteiger partial charge is 0.191 e. The van der Waals surface area contributed by atoms with Gasteiger partial charge in [0.15, 0.2) is 17.5 Å². The van der Waals surface area contributed by atoms with Crippen LogP contribution in [0.15, 0.2) is 35.8 Å². The zero-order chi connectivity index (χ0) is 18.3. The number of thioether (sulfide) groups is 1. The molecule has 1 aromatic carbocycles. The second-order valence-corrected chi connectivity index (χ2v) is 6.46. The molecule has 0 aliphatic rings. The summed E-state index contributed by atoms with van der Waals surface area (Å²) in [5.74, 6) is 4.47. The van der Waals surface area contributed by atoms with Gasteiger partial charge in [-0.1, -0.05) is 12.1 Å². The third-order valence-corrected chi connectivity index (χ3v) is 4.42. The number of hydrogen-bond acceptors (Lipinski definition) is 4. The van der Waals surface area contributed by atoms with Gasteiger partial charge >= 0.3 is 0 Å². The fraction of sp³-hybridized carbons (Fsp3) is 0.526. The summed E-state index contributed by atoms with van der Waals surface area (Å²) in [6.45, 7) is 8.10. The maximum atomic E-state index is 5.62. The largest absolute Gasteiger partial charge is 0.493 e. The quantitative estimate of drug-likeness (QED) is 0.258. The lowest BCUT2D eigenvalue weighted by atomic mass is 10.1. The van der Waals surface area contributed by atoms with Crippen molar-refractivity contribution < 1.29 is 9.47 Å². The molecule has 0 saturated heterocycles. The predicted octanol–water partition coefficient (Wildman–Crippen LogP) is 3.11. The topological polar surface area (TPSA) is 54.9 Å². The number of nitrogens with one attached hydrogen (secondary N) is 2. The normalized spacial score (nSPS) is 11.1. The Hall–Kier alpha value is -1.82. The minimum absolute atomic E-state index is 0.633. The van der Waals surface area contributed by atoms with Crippen molar-refractivity contribution in [2.24, 2.45) is 4.99 Å². The van der Waals surface area contributed by atoms with Gasteiger partial charge in [-0.3, -0.25) is 4.99 Å². The molecule has 0 aliphatic carbocycles. The second-order valence-electron chi connectivity index (χ2n) is 5.31. The molecular formula is C19H31N3O2S. The van der Waals surface area contributed by atoms with E-state index in [1.54, 1.807) is 14.2 Å². The van der Waals surface area contributed by atoms with Crippen LogP contribution < -0.4 is 20.1 Å². The molecule has 25 heavy (non-hydrogen) atoms. The van der Waals surface area contributed by atoms with E-state index in [1.807, 2.05) is 30.8 Å². The lowest BCUT2D eigenvalue weighted by Crippen LogP contribution is -2.38. The maximum Gasteiger partial charge on any atom is 0.191 e. The average molecular weight is 366 g/mol. The van der Waals surface area contributed by atoms with Crippen LogP contribution in [0.2, 0.25) is 0 Å². The first kappa shape index (κ1) is 21.2. The van der Waals surface area contributed by atoms with Crippen molar-refractivity contribution in [1.29, 1.82) is 0 Å². The van der Waals surface area contributed by atoms with Crippen molar-refractivity contribution in [2.45, 2.75) is 19.8 Å². The van der Waals surface area contributed by atoms with Crippen molar-refractivity contribution in [3.05, 3.63) is 36.4 Å². The maximum absolute atomic E-state index is 5.62. The molecule has 5 nitrogen and oxygen atoms in total. The Kier molecular flexibility index (Phi) is 11.4. The van der Waals surface area contributed by atoms with Crippen LogP contribution in [0, 0.1) is 0 Å². The molecule has 0 aromatic heterocycles. The molecule has 0 aliphatic heterocycles. The van der Waals surface area contributed by atoms with Crippen LogP contribution >= 0.6 is 11.8 Å². The van der Waals surface area contributed by atoms with E-state index in [2.05, 4.69) is 34.3 Å². The molecule has 0 spiro atoms. The Bertz CT molecular complexity index is 535. The number of aliphatic imine (C=N–C) groups is 1. The number of ether oxygens (including phenoxy) is 2. The average Bonchev–Trinajstić information content (AvgIpc) is 2.63. The van der Waals surface area contributed by atoms with Crippen LogP contribution in [-0.2, 0) is 6.42 Å². The first-order chi connectivity index (χ1) is 12.2. The summed E-state index contributed by atoms with van der Waals surface area (Å²) in [4.78, 5) is 4.24. The minimum Gasteiger partial charge on any atom is -0.493 e. The highest BCUT2D eigenvalue weighted by Gasteiger charge is 2.05. The van der Waals surface area contributed by atoms with Gasteiger partial charge in [-0.25, -0.2) is 0 Å². The van der Waals surface area contributed by atoms with Gasteiger partial charge in [0.2, 0.25) is 0 Å². The van der Waals surface area contributed by atoms with Crippen LogP contribution in [0.1, 0.15) is 18.9 Å². The van der Waals surface area contributed by atoms with Crippen LogP contribution in [0.3, 0.4) is 0 Å². The summed E-state index contributed by atoms with van der Waals surface area (Å²) in [6.07, 6.45) is 3.92. The van der Waals surface area contributed by atoms with Gasteiger partial charge in [0.1, 0.15) is 0 Å². The third kappa shape index (κ3) is 8.72. The van der Waals surface area contributed by atoms with Crippen molar-refractivity contribution in [2.75, 3.05) is 45.4 Å². The van der Waals surface area contributed by atoms with Crippen molar-refractivity contribution >= 4 is 17.7 Å². The van der Waals surface area contributed by atoms with Crippen molar-refractivity contribution in [3.63, 3.8) is 0 Å². The predicted molar refractivity (Wildman–Crippen MR) is 109 cm³/mol. The Morgan fingerprint density at radius 2 is 2.08 bits per heavy atom. The number of rotatable bonds is 12. The van der Waals surface area contributed by atoms with Crippen molar-refractivity contribution in [3.8, 4) is 11.5 Å². The summed E-state index contributed by atoms with van der Waals surface area (Å²) in [7, 11) is 3.46. The molecule has 0 radical (unpaired) electrons. The van der Waals surface area contributed by atoms with E-state index >= 15 is 0 Å². The molecule has 6 heteroatoms. The third-order valence-electron chi connectivity index (χ3n) is 3.46. The van der Waals surface area contributed by atoms with E-state index in [1.165, 1.54) is 5.56 Å². The molecule has 0 heterocycles. The molecule has 2 N–H and O–H groups in total. The molecule has 1 rings (SSSR count). The van der Waals surface area contributed by atoms with Gasteiger partial charge in [0, 0.05) is 31.6 Å². The van der Waals surface area contributed by atoms with Gasteiger partial charge in [-0.05, 0) is 37.5 Å². The van der Waals surface area contributed by atoms with E-state index in [4.69, 9.17) is 9.47 Å². The van der Waals surface area contributed by atoms with Gasteiger partial charge in [-0.15, -0.1) is 6.58 Å². The SMILES string of the molecule is C=CCSCCNC(=NC)NCCCc1ccc(OC)c(OCC)c1. The van der Waals surface area contributed by atoms with E-state index < -0.39 is 0 Å². The lowest BCUT2D eigenvalue weighted by Gasteiger charge is -2.13. The van der Waals surface area contributed by atoms with E-state index in [0.29, 0.717) is 6.61 Å². The molecule has 0 saturated carbocycles. The van der Waals surface area contributed by atoms with Crippen LogP contribution in [0.4, 0.5) is 0 Å². The highest BCUT2D eigenvalue weighted by Crippen LogP contribution is 2.28. The monoisotopic (exact) mass is 365 g/mol. The summed E-state index contributed by atoms with van der Waals surface area (Å²) in [5, 5.41) is 6.66. The number of hydrogen-bond donors (Lipinski definition) is 2. The van der Waals surface area contributed by atoms with Crippen molar-refractivity contribution in [1.82, 2.24) is 10.6 Å². The molecule has 0 bridgehead atoms. The molecule has 0 atom stereocenters. The fourth-order valence-electron chi connectivity index (χ4n) is 2.27. The lowest BCUT2D eigenvalue weighted by molar-refractivity contribution is 0.310. The van der Waals surface area contributed by atoms with E-state index in [-0.39, 0.29) is 0 Å². The van der Waals surface area contributed by atoms with E-state index in [9.17, 15) is 0 Å². The molecule has 0 amide bonds. The molecule has 140 valence electrons. The molecule has 0 fully saturated rings. The zero-order valence-electron chi connectivity index (χ0n) is 15.6. The molecular weight excluding hydrogens is 334 g/mol. The summed E-state index contributed by atoms with van der Waals surface area (Å²) in [5.41, 5.74) is 1.25. The van der Waals surface area contributed by atoms with Gasteiger partial charge < -0.3 is 20.1 Å². The molecule has 0 unspecified atom stereocenters. The van der Waals surface area contributed by atoms with E-state index in [0.717, 1.165) is 54.9 Å². The first-order valence-electron chi connectivity index (χ1n) is 8.68. The Morgan fingerprint density at radius 1 is 1.28 bits per heavy atom. The number of nitrogens with zero attached hydrogens (tertiary/aromatic N) is 1. The fourth-order valence-corrected chi connectivity index (χ4v) is 2.85. The Morgan fingerprint density at radius 3 is 2.76 bits per heavy atom. The number of benzene rings is 1. The summed E-state index contributed by atoms with van der Waals surface area (Å²) >= 11 is 1.85. The highest BCUT2D eigenvalue weighted by molar-refractivity contribution is 7.99. The Balaban J connectivity index is 2.31. The number of methoxy groups -OCH3 is 1. The summed E-state index contributed by atoms with van der Waals surface area (Å²) in [6, 6.07) is 6.12.